The number of benzene rings is 1. The number of imidazole rings is 1. The van der Waals surface area contributed by atoms with Crippen LogP contribution in [0.3, 0.4) is 0 Å². The van der Waals surface area contributed by atoms with E-state index in [1.54, 1.807) is 0 Å². The Morgan fingerprint density at radius 1 is 1.47 bits per heavy atom. The van der Waals surface area contributed by atoms with Crippen LogP contribution in [0.4, 0.5) is 0 Å². The van der Waals surface area contributed by atoms with Gasteiger partial charge in [0.15, 0.2) is 0 Å². The third-order valence-corrected chi connectivity index (χ3v) is 3.03. The number of fused-ring (bicyclic) bond motifs is 1. The van der Waals surface area contributed by atoms with Crippen LogP contribution in [0.5, 0.6) is 0 Å². The third kappa shape index (κ3) is 2.07. The lowest BCUT2D eigenvalue weighted by Gasteiger charge is -2.11. The van der Waals surface area contributed by atoms with Crippen LogP contribution >= 0.6 is 15.9 Å². The standard InChI is InChI=1S/C12H13BrN2O2/c1-7(2)15-10-5-4-8(13)6-9(10)14-11(15)12(16)17-3/h4-7H,1-3H3. The highest BCUT2D eigenvalue weighted by Gasteiger charge is 2.19. The van der Waals surface area contributed by atoms with E-state index in [0.29, 0.717) is 5.82 Å². The maximum absolute atomic E-state index is 11.7. The molecule has 0 aliphatic rings. The molecule has 0 aliphatic carbocycles. The van der Waals surface area contributed by atoms with Crippen LogP contribution in [0.15, 0.2) is 22.7 Å². The highest BCUT2D eigenvalue weighted by molar-refractivity contribution is 9.10. The molecule has 0 N–H and O–H groups in total. The molecule has 0 atom stereocenters. The van der Waals surface area contributed by atoms with E-state index in [9.17, 15) is 4.79 Å². The van der Waals surface area contributed by atoms with Gasteiger partial charge in [-0.2, -0.15) is 0 Å². The van der Waals surface area contributed by atoms with Crippen molar-refractivity contribution < 1.29 is 9.53 Å². The molecule has 0 radical (unpaired) electrons. The Hall–Kier alpha value is -1.36. The lowest BCUT2D eigenvalue weighted by atomic mass is 10.3. The monoisotopic (exact) mass is 296 g/mol. The maximum atomic E-state index is 11.7. The summed E-state index contributed by atoms with van der Waals surface area (Å²) in [5.74, 6) is -0.0679. The number of nitrogens with zero attached hydrogens (tertiary/aromatic N) is 2. The molecule has 0 saturated carbocycles. The summed E-state index contributed by atoms with van der Waals surface area (Å²) in [5.41, 5.74) is 1.72. The van der Waals surface area contributed by atoms with Crippen LogP contribution in [-0.2, 0) is 4.74 Å². The zero-order chi connectivity index (χ0) is 12.6. The van der Waals surface area contributed by atoms with Gasteiger partial charge in [-0.25, -0.2) is 9.78 Å². The molecule has 17 heavy (non-hydrogen) atoms. The number of esters is 1. The number of hydrogen-bond acceptors (Lipinski definition) is 3. The first-order valence-electron chi connectivity index (χ1n) is 5.30. The van der Waals surface area contributed by atoms with Crippen molar-refractivity contribution in [2.45, 2.75) is 19.9 Å². The van der Waals surface area contributed by atoms with Crippen LogP contribution in [0, 0.1) is 0 Å². The molecule has 0 bridgehead atoms. The van der Waals surface area contributed by atoms with Gasteiger partial charge in [0, 0.05) is 10.5 Å². The number of aromatic nitrogens is 2. The minimum atomic E-state index is -0.411. The quantitative estimate of drug-likeness (QED) is 0.800. The van der Waals surface area contributed by atoms with Gasteiger partial charge in [-0.3, -0.25) is 0 Å². The van der Waals surface area contributed by atoms with Gasteiger partial charge >= 0.3 is 5.97 Å². The van der Waals surface area contributed by atoms with Crippen molar-refractivity contribution in [3.8, 4) is 0 Å². The van der Waals surface area contributed by atoms with E-state index >= 15 is 0 Å². The second-order valence-electron chi connectivity index (χ2n) is 4.02. The Morgan fingerprint density at radius 2 is 2.18 bits per heavy atom. The van der Waals surface area contributed by atoms with E-state index in [2.05, 4.69) is 20.9 Å². The van der Waals surface area contributed by atoms with Crippen molar-refractivity contribution in [3.63, 3.8) is 0 Å². The molecular weight excluding hydrogens is 284 g/mol. The van der Waals surface area contributed by atoms with E-state index in [-0.39, 0.29) is 6.04 Å². The Morgan fingerprint density at radius 3 is 2.76 bits per heavy atom. The van der Waals surface area contributed by atoms with Crippen LogP contribution in [0.25, 0.3) is 11.0 Å². The average Bonchev–Trinajstić information content (AvgIpc) is 2.66. The molecule has 0 saturated heterocycles. The minimum Gasteiger partial charge on any atom is -0.463 e. The van der Waals surface area contributed by atoms with E-state index in [1.807, 2.05) is 36.6 Å². The van der Waals surface area contributed by atoms with E-state index in [1.165, 1.54) is 7.11 Å². The molecule has 1 aromatic heterocycles. The fourth-order valence-corrected chi connectivity index (χ4v) is 2.18. The maximum Gasteiger partial charge on any atom is 0.374 e. The molecule has 0 spiro atoms. The molecule has 0 aliphatic heterocycles. The van der Waals surface area contributed by atoms with Gasteiger partial charge in [0.2, 0.25) is 5.82 Å². The second kappa shape index (κ2) is 4.49. The number of rotatable bonds is 2. The average molecular weight is 297 g/mol. The molecule has 2 aromatic rings. The third-order valence-electron chi connectivity index (χ3n) is 2.54. The van der Waals surface area contributed by atoms with Crippen LogP contribution in [0.2, 0.25) is 0 Å². The van der Waals surface area contributed by atoms with Gasteiger partial charge in [0.25, 0.3) is 0 Å². The van der Waals surface area contributed by atoms with E-state index < -0.39 is 5.97 Å². The zero-order valence-electron chi connectivity index (χ0n) is 9.90. The van der Waals surface area contributed by atoms with E-state index in [4.69, 9.17) is 4.74 Å². The second-order valence-corrected chi connectivity index (χ2v) is 4.94. The topological polar surface area (TPSA) is 44.1 Å². The van der Waals surface area contributed by atoms with Gasteiger partial charge in [0.05, 0.1) is 18.1 Å². The van der Waals surface area contributed by atoms with Crippen LogP contribution in [0.1, 0.15) is 30.5 Å². The van der Waals surface area contributed by atoms with Crippen LogP contribution in [-0.4, -0.2) is 22.6 Å². The van der Waals surface area contributed by atoms with Crippen molar-refractivity contribution in [2.75, 3.05) is 7.11 Å². The van der Waals surface area contributed by atoms with Gasteiger partial charge in [-0.05, 0) is 32.0 Å². The molecule has 5 heteroatoms. The molecular formula is C12H13BrN2O2. The van der Waals surface area contributed by atoms with Crippen LogP contribution < -0.4 is 0 Å². The molecule has 1 heterocycles. The molecule has 4 nitrogen and oxygen atoms in total. The molecule has 90 valence electrons. The van der Waals surface area contributed by atoms with Crippen molar-refractivity contribution in [2.24, 2.45) is 0 Å². The number of carbonyl (C=O) groups excluding carboxylic acids is 1. The highest BCUT2D eigenvalue weighted by Crippen LogP contribution is 2.24. The summed E-state index contributed by atoms with van der Waals surface area (Å²) in [4.78, 5) is 16.0. The van der Waals surface area contributed by atoms with Crippen molar-refractivity contribution in [1.29, 1.82) is 0 Å². The van der Waals surface area contributed by atoms with Crippen molar-refractivity contribution >= 4 is 32.9 Å². The summed E-state index contributed by atoms with van der Waals surface area (Å²) in [6.45, 7) is 4.02. The number of hydrogen-bond donors (Lipinski definition) is 0. The highest BCUT2D eigenvalue weighted by atomic mass is 79.9. The Bertz CT molecular complexity index is 575. The number of carbonyl (C=O) groups is 1. The van der Waals surface area contributed by atoms with Gasteiger partial charge in [0.1, 0.15) is 0 Å². The van der Waals surface area contributed by atoms with Crippen molar-refractivity contribution in [3.05, 3.63) is 28.5 Å². The largest absolute Gasteiger partial charge is 0.463 e. The fourth-order valence-electron chi connectivity index (χ4n) is 1.83. The zero-order valence-corrected chi connectivity index (χ0v) is 11.5. The Labute approximate surface area is 108 Å². The smallest absolute Gasteiger partial charge is 0.374 e. The van der Waals surface area contributed by atoms with Gasteiger partial charge in [-0.15, -0.1) is 0 Å². The predicted octanol–water partition coefficient (Wildman–Crippen LogP) is 3.17. The normalized spacial score (nSPS) is 11.1. The first-order valence-corrected chi connectivity index (χ1v) is 6.09. The summed E-state index contributed by atoms with van der Waals surface area (Å²) in [7, 11) is 1.36. The van der Waals surface area contributed by atoms with E-state index in [0.717, 1.165) is 15.5 Å². The van der Waals surface area contributed by atoms with Crippen molar-refractivity contribution in [1.82, 2.24) is 9.55 Å². The predicted molar refractivity (Wildman–Crippen MR) is 69.2 cm³/mol. The fraction of sp³-hybridized carbons (Fsp3) is 0.333. The summed E-state index contributed by atoms with van der Waals surface area (Å²) < 4.78 is 7.58. The summed E-state index contributed by atoms with van der Waals surface area (Å²) >= 11 is 3.39. The summed E-state index contributed by atoms with van der Waals surface area (Å²) in [6.07, 6.45) is 0. The number of halogens is 1. The number of ether oxygens (including phenoxy) is 1. The molecule has 0 fully saturated rings. The van der Waals surface area contributed by atoms with Gasteiger partial charge in [-0.1, -0.05) is 15.9 Å². The molecule has 0 unspecified atom stereocenters. The first-order chi connectivity index (χ1) is 8.04. The summed E-state index contributed by atoms with van der Waals surface area (Å²) in [6, 6.07) is 5.92. The Kier molecular flexibility index (Phi) is 3.19. The molecule has 2 rings (SSSR count). The number of methoxy groups -OCH3 is 1. The van der Waals surface area contributed by atoms with Gasteiger partial charge < -0.3 is 9.30 Å². The summed E-state index contributed by atoms with van der Waals surface area (Å²) in [5, 5.41) is 0. The molecule has 0 amide bonds. The SMILES string of the molecule is COC(=O)c1nc2cc(Br)ccc2n1C(C)C. The Balaban J connectivity index is 2.74. The molecule has 1 aromatic carbocycles. The first kappa shape index (κ1) is 12.1. The lowest BCUT2D eigenvalue weighted by molar-refractivity contribution is 0.0580. The minimum absolute atomic E-state index is 0.148. The lowest BCUT2D eigenvalue weighted by Crippen LogP contribution is -2.13.